The van der Waals surface area contributed by atoms with Gasteiger partial charge in [0.05, 0.1) is 11.3 Å². The van der Waals surface area contributed by atoms with Crippen LogP contribution in [0.25, 0.3) is 0 Å². The fraction of sp³-hybridized carbons (Fsp3) is 0.321. The zero-order valence-electron chi connectivity index (χ0n) is 22.6. The summed E-state index contributed by atoms with van der Waals surface area (Å²) >= 11 is 0. The lowest BCUT2D eigenvalue weighted by molar-refractivity contribution is -0.192. The van der Waals surface area contributed by atoms with E-state index in [2.05, 4.69) is 10.2 Å². The first-order valence-electron chi connectivity index (χ1n) is 12.6. The lowest BCUT2D eigenvalue weighted by Crippen LogP contribution is -2.52. The number of carboxylic acids is 1. The zero-order chi connectivity index (χ0) is 31.2. The van der Waals surface area contributed by atoms with E-state index in [-0.39, 0.29) is 35.9 Å². The number of nitrogens with one attached hydrogen (secondary N) is 1. The highest BCUT2D eigenvalue weighted by Crippen LogP contribution is 2.19. The monoisotopic (exact) mass is 594 g/mol. The predicted octanol–water partition coefficient (Wildman–Crippen LogP) is 3.42. The Kier molecular flexibility index (Phi) is 10.1. The third-order valence-corrected chi connectivity index (χ3v) is 6.67. The maximum atomic E-state index is 14.6. The lowest BCUT2D eigenvalue weighted by Gasteiger charge is -2.34. The van der Waals surface area contributed by atoms with Gasteiger partial charge in [0.25, 0.3) is 11.5 Å². The minimum atomic E-state index is -5.08. The molecule has 1 fully saturated rings. The van der Waals surface area contributed by atoms with Crippen LogP contribution in [0.3, 0.4) is 0 Å². The second kappa shape index (κ2) is 13.4. The molecule has 2 aromatic carbocycles. The van der Waals surface area contributed by atoms with E-state index in [4.69, 9.17) is 9.90 Å². The van der Waals surface area contributed by atoms with Gasteiger partial charge < -0.3 is 14.9 Å². The molecule has 3 aromatic rings. The van der Waals surface area contributed by atoms with E-state index in [0.29, 0.717) is 42.8 Å². The van der Waals surface area contributed by atoms with Crippen molar-refractivity contribution in [1.29, 1.82) is 0 Å². The van der Waals surface area contributed by atoms with Gasteiger partial charge in [0.2, 0.25) is 5.91 Å². The van der Waals surface area contributed by atoms with Crippen molar-refractivity contribution in [3.05, 3.63) is 98.0 Å². The van der Waals surface area contributed by atoms with Gasteiger partial charge in [-0.15, -0.1) is 0 Å². The number of rotatable bonds is 6. The van der Waals surface area contributed by atoms with Crippen molar-refractivity contribution in [2.75, 3.05) is 26.2 Å². The standard InChI is InChI=1S/C26H26F2N4O3.C2HF3O2/c1-16-17(2)25(34)30-29-23(16)14-19-6-7-22(28)21(13-19)26(35)32-11-10-31(24(33)15-32)9-8-18-4-3-5-20(27)12-18;3-2(4,5)1(6)7/h3-7,12-13H,8-11,14-15H2,1-2H3,(H,30,34);(H,6,7). The molecule has 9 nitrogen and oxygen atoms in total. The molecule has 1 aromatic heterocycles. The number of amides is 2. The summed E-state index contributed by atoms with van der Waals surface area (Å²) in [7, 11) is 0. The van der Waals surface area contributed by atoms with Crippen LogP contribution in [-0.2, 0) is 22.4 Å². The number of aliphatic carboxylic acids is 1. The molecule has 0 unspecified atom stereocenters. The molecule has 0 bridgehead atoms. The Morgan fingerprint density at radius 1 is 1.00 bits per heavy atom. The largest absolute Gasteiger partial charge is 0.490 e. The first-order valence-corrected chi connectivity index (χ1v) is 12.6. The van der Waals surface area contributed by atoms with E-state index < -0.39 is 23.9 Å². The van der Waals surface area contributed by atoms with Crippen molar-refractivity contribution in [2.24, 2.45) is 0 Å². The van der Waals surface area contributed by atoms with E-state index in [1.807, 2.05) is 0 Å². The second-order valence-electron chi connectivity index (χ2n) is 9.53. The molecule has 14 heteroatoms. The summed E-state index contributed by atoms with van der Waals surface area (Å²) in [6.07, 6.45) is -4.26. The lowest BCUT2D eigenvalue weighted by atomic mass is 10.0. The van der Waals surface area contributed by atoms with Crippen LogP contribution in [0, 0.1) is 25.5 Å². The highest BCUT2D eigenvalue weighted by molar-refractivity contribution is 5.97. The number of halogens is 5. The van der Waals surface area contributed by atoms with Crippen molar-refractivity contribution < 1.29 is 41.4 Å². The maximum Gasteiger partial charge on any atom is 0.490 e. The number of hydrogen-bond donors (Lipinski definition) is 2. The van der Waals surface area contributed by atoms with Crippen molar-refractivity contribution >= 4 is 17.8 Å². The molecule has 0 atom stereocenters. The first kappa shape index (κ1) is 31.9. The number of carboxylic acid groups (broad SMARTS) is 1. The van der Waals surface area contributed by atoms with Gasteiger partial charge in [-0.25, -0.2) is 18.7 Å². The summed E-state index contributed by atoms with van der Waals surface area (Å²) in [6, 6.07) is 10.5. The fourth-order valence-corrected chi connectivity index (χ4v) is 4.13. The van der Waals surface area contributed by atoms with Gasteiger partial charge in [-0.3, -0.25) is 14.4 Å². The normalized spacial score (nSPS) is 13.5. The summed E-state index contributed by atoms with van der Waals surface area (Å²) in [4.78, 5) is 49.3. The number of aromatic nitrogens is 2. The van der Waals surface area contributed by atoms with Gasteiger partial charge in [0, 0.05) is 31.6 Å². The average Bonchev–Trinajstić information content (AvgIpc) is 2.93. The van der Waals surface area contributed by atoms with E-state index >= 15 is 0 Å². The molecule has 224 valence electrons. The third kappa shape index (κ3) is 8.21. The molecule has 4 rings (SSSR count). The Morgan fingerprint density at radius 3 is 2.31 bits per heavy atom. The maximum absolute atomic E-state index is 14.6. The molecular weight excluding hydrogens is 567 g/mol. The Bertz CT molecular complexity index is 1540. The number of H-pyrrole nitrogens is 1. The minimum Gasteiger partial charge on any atom is -0.475 e. The summed E-state index contributed by atoms with van der Waals surface area (Å²) in [6.45, 7) is 4.36. The molecule has 1 aliphatic rings. The van der Waals surface area contributed by atoms with Crippen LogP contribution in [-0.4, -0.2) is 75.2 Å². The van der Waals surface area contributed by atoms with Crippen LogP contribution >= 0.6 is 0 Å². The molecule has 0 radical (unpaired) electrons. The third-order valence-electron chi connectivity index (χ3n) is 6.67. The summed E-state index contributed by atoms with van der Waals surface area (Å²) in [5, 5.41) is 13.7. The number of benzene rings is 2. The summed E-state index contributed by atoms with van der Waals surface area (Å²) in [5.74, 6) is -4.53. The van der Waals surface area contributed by atoms with Crippen molar-refractivity contribution in [3.8, 4) is 0 Å². The van der Waals surface area contributed by atoms with Crippen LogP contribution in [0.4, 0.5) is 22.0 Å². The van der Waals surface area contributed by atoms with Crippen LogP contribution in [0.15, 0.2) is 47.3 Å². The second-order valence-corrected chi connectivity index (χ2v) is 9.53. The van der Waals surface area contributed by atoms with Crippen molar-refractivity contribution in [2.45, 2.75) is 32.9 Å². The minimum absolute atomic E-state index is 0.109. The highest BCUT2D eigenvalue weighted by atomic mass is 19.4. The SMILES string of the molecule is Cc1c(Cc2ccc(F)c(C(=O)N3CCN(CCc4cccc(F)c4)C(=O)C3)c2)n[nH]c(=O)c1C.O=C(O)C(F)(F)F. The Labute approximate surface area is 236 Å². The number of nitrogens with zero attached hydrogens (tertiary/aromatic N) is 3. The summed E-state index contributed by atoms with van der Waals surface area (Å²) < 4.78 is 59.7. The number of hydrogen-bond acceptors (Lipinski definition) is 5. The quantitative estimate of drug-likeness (QED) is 0.422. The number of piperazine rings is 1. The topological polar surface area (TPSA) is 124 Å². The van der Waals surface area contributed by atoms with E-state index in [9.17, 15) is 36.3 Å². The van der Waals surface area contributed by atoms with Gasteiger partial charge in [0.1, 0.15) is 18.2 Å². The van der Waals surface area contributed by atoms with Gasteiger partial charge in [-0.2, -0.15) is 18.3 Å². The van der Waals surface area contributed by atoms with E-state index in [1.165, 1.54) is 29.2 Å². The van der Waals surface area contributed by atoms with E-state index in [1.54, 1.807) is 36.9 Å². The van der Waals surface area contributed by atoms with Crippen LogP contribution < -0.4 is 5.56 Å². The van der Waals surface area contributed by atoms with Gasteiger partial charge in [-0.05, 0) is 61.2 Å². The fourth-order valence-electron chi connectivity index (χ4n) is 4.13. The number of carbonyl (C=O) groups is 3. The molecule has 1 saturated heterocycles. The number of aromatic amines is 1. The first-order chi connectivity index (χ1) is 19.7. The molecule has 2 heterocycles. The molecule has 1 aliphatic heterocycles. The highest BCUT2D eigenvalue weighted by Gasteiger charge is 2.38. The Morgan fingerprint density at radius 2 is 1.69 bits per heavy atom. The molecule has 42 heavy (non-hydrogen) atoms. The molecule has 2 amide bonds. The Hall–Kier alpha value is -4.62. The molecule has 2 N–H and O–H groups in total. The van der Waals surface area contributed by atoms with Crippen LogP contribution in [0.2, 0.25) is 0 Å². The molecule has 0 saturated carbocycles. The van der Waals surface area contributed by atoms with Crippen LogP contribution in [0.1, 0.15) is 38.3 Å². The summed E-state index contributed by atoms with van der Waals surface area (Å²) in [5.41, 5.74) is 3.01. The van der Waals surface area contributed by atoms with Crippen molar-refractivity contribution in [1.82, 2.24) is 20.0 Å². The predicted molar refractivity (Wildman–Crippen MR) is 140 cm³/mol. The number of alkyl halides is 3. The number of carbonyl (C=O) groups excluding carboxylic acids is 2. The molecular formula is C28H27F5N4O5. The van der Waals surface area contributed by atoms with Gasteiger partial charge in [0.15, 0.2) is 0 Å². The van der Waals surface area contributed by atoms with Crippen molar-refractivity contribution in [3.63, 3.8) is 0 Å². The average molecular weight is 595 g/mol. The Balaban J connectivity index is 0.000000616. The zero-order valence-corrected chi connectivity index (χ0v) is 22.6. The molecule has 0 aliphatic carbocycles. The molecule has 0 spiro atoms. The van der Waals surface area contributed by atoms with E-state index in [0.717, 1.165) is 11.1 Å². The smallest absolute Gasteiger partial charge is 0.475 e. The van der Waals surface area contributed by atoms with Gasteiger partial charge in [-0.1, -0.05) is 18.2 Å². The van der Waals surface area contributed by atoms with Gasteiger partial charge >= 0.3 is 12.1 Å². The van der Waals surface area contributed by atoms with Crippen LogP contribution in [0.5, 0.6) is 0 Å².